The predicted octanol–water partition coefficient (Wildman–Crippen LogP) is 0.176. The Morgan fingerprint density at radius 1 is 1.75 bits per heavy atom. The van der Waals surface area contributed by atoms with Crippen LogP contribution in [0.4, 0.5) is 0 Å². The van der Waals surface area contributed by atoms with Crippen molar-refractivity contribution in [1.82, 2.24) is 5.32 Å². The maximum absolute atomic E-state index is 11.0. The highest BCUT2D eigenvalue weighted by Gasteiger charge is 2.18. The number of carbonyl (C=O) groups is 1. The molecule has 0 aliphatic heterocycles. The van der Waals surface area contributed by atoms with Gasteiger partial charge in [0.1, 0.15) is 6.04 Å². The van der Waals surface area contributed by atoms with E-state index in [-0.39, 0.29) is 12.3 Å². The Morgan fingerprint density at radius 2 is 2.25 bits per heavy atom. The lowest BCUT2D eigenvalue weighted by molar-refractivity contribution is -0.125. The summed E-state index contributed by atoms with van der Waals surface area (Å²) in [6.07, 6.45) is 0.0129. The molecule has 1 amide bonds. The molecule has 0 aromatic carbocycles. The number of hydrogen-bond acceptors (Lipinski definition) is 3. The van der Waals surface area contributed by atoms with Gasteiger partial charge in [-0.15, -0.1) is 0 Å². The van der Waals surface area contributed by atoms with Crippen molar-refractivity contribution >= 4 is 5.91 Å². The monoisotopic (exact) mass is 170 g/mol. The van der Waals surface area contributed by atoms with Gasteiger partial charge in [-0.3, -0.25) is 4.79 Å². The van der Waals surface area contributed by atoms with Gasteiger partial charge < -0.3 is 10.4 Å². The fourth-order valence-corrected chi connectivity index (χ4v) is 0.718. The van der Waals surface area contributed by atoms with Crippen LogP contribution in [0.2, 0.25) is 0 Å². The van der Waals surface area contributed by atoms with E-state index in [1.165, 1.54) is 0 Å². The Hall–Kier alpha value is -1.08. The Kier molecular flexibility index (Phi) is 3.71. The first-order valence-electron chi connectivity index (χ1n) is 3.76. The van der Waals surface area contributed by atoms with E-state index in [2.05, 4.69) is 5.32 Å². The highest BCUT2D eigenvalue weighted by molar-refractivity contribution is 5.77. The zero-order chi connectivity index (χ0) is 9.78. The van der Waals surface area contributed by atoms with E-state index in [1.54, 1.807) is 20.8 Å². The summed E-state index contributed by atoms with van der Waals surface area (Å²) in [5.41, 5.74) is -1.01. The first kappa shape index (κ1) is 10.9. The Morgan fingerprint density at radius 3 is 2.58 bits per heavy atom. The largest absolute Gasteiger partial charge is 0.390 e. The molecule has 0 aromatic heterocycles. The lowest BCUT2D eigenvalue weighted by atomic mass is 10.1. The molecule has 0 bridgehead atoms. The molecule has 1 atom stereocenters. The minimum atomic E-state index is -1.01. The molecule has 0 aromatic rings. The molecule has 4 nitrogen and oxygen atoms in total. The molecule has 0 aliphatic rings. The predicted molar refractivity (Wildman–Crippen MR) is 44.1 cm³/mol. The van der Waals surface area contributed by atoms with Crippen LogP contribution in [-0.2, 0) is 4.79 Å². The van der Waals surface area contributed by atoms with Gasteiger partial charge in [-0.05, 0) is 20.8 Å². The highest BCUT2D eigenvalue weighted by Crippen LogP contribution is 2.06. The van der Waals surface area contributed by atoms with E-state index in [9.17, 15) is 9.90 Å². The molecule has 0 saturated heterocycles. The molecule has 0 aliphatic carbocycles. The summed E-state index contributed by atoms with van der Waals surface area (Å²) in [5.74, 6) is -0.309. The topological polar surface area (TPSA) is 73.1 Å². The third-order valence-electron chi connectivity index (χ3n) is 1.16. The molecule has 0 radical (unpaired) electrons. The zero-order valence-electron chi connectivity index (χ0n) is 7.59. The first-order chi connectivity index (χ1) is 5.35. The average Bonchev–Trinajstić information content (AvgIpc) is 1.82. The summed E-state index contributed by atoms with van der Waals surface area (Å²) in [6, 6.07) is 1.37. The Balaban J connectivity index is 3.85. The molecule has 1 unspecified atom stereocenters. The van der Waals surface area contributed by atoms with Crippen molar-refractivity contribution in [2.45, 2.75) is 38.8 Å². The third kappa shape index (κ3) is 5.69. The van der Waals surface area contributed by atoms with Crippen LogP contribution in [0.3, 0.4) is 0 Å². The summed E-state index contributed by atoms with van der Waals surface area (Å²) in [6.45, 7) is 4.68. The molecular formula is C8H14N2O2. The standard InChI is InChI=1S/C8H14N2O2/c1-6(5-9)10-7(11)4-8(2,3)12/h6,12H,4H2,1-3H3,(H,10,11). The summed E-state index contributed by atoms with van der Waals surface area (Å²) < 4.78 is 0. The van der Waals surface area contributed by atoms with Gasteiger partial charge in [-0.2, -0.15) is 5.26 Å². The summed E-state index contributed by atoms with van der Waals surface area (Å²) in [7, 11) is 0. The van der Waals surface area contributed by atoms with Crippen LogP contribution in [0.1, 0.15) is 27.2 Å². The number of nitrogens with zero attached hydrogens (tertiary/aromatic N) is 1. The average molecular weight is 170 g/mol. The van der Waals surface area contributed by atoms with Crippen molar-refractivity contribution in [2.24, 2.45) is 0 Å². The van der Waals surface area contributed by atoms with Crippen molar-refractivity contribution in [3.05, 3.63) is 0 Å². The molecule has 0 rings (SSSR count). The summed E-state index contributed by atoms with van der Waals surface area (Å²) >= 11 is 0. The van der Waals surface area contributed by atoms with E-state index < -0.39 is 11.6 Å². The number of aliphatic hydroxyl groups is 1. The van der Waals surface area contributed by atoms with Crippen molar-refractivity contribution in [1.29, 1.82) is 5.26 Å². The van der Waals surface area contributed by atoms with E-state index >= 15 is 0 Å². The van der Waals surface area contributed by atoms with Gasteiger partial charge in [0.15, 0.2) is 0 Å². The van der Waals surface area contributed by atoms with Gasteiger partial charge in [0.2, 0.25) is 5.91 Å². The molecular weight excluding hydrogens is 156 g/mol. The van der Waals surface area contributed by atoms with Crippen molar-refractivity contribution in [2.75, 3.05) is 0 Å². The maximum atomic E-state index is 11.0. The highest BCUT2D eigenvalue weighted by atomic mass is 16.3. The quantitative estimate of drug-likeness (QED) is 0.634. The van der Waals surface area contributed by atoms with Gasteiger partial charge in [0.05, 0.1) is 18.1 Å². The smallest absolute Gasteiger partial charge is 0.223 e. The van der Waals surface area contributed by atoms with E-state index in [1.807, 2.05) is 6.07 Å². The fraction of sp³-hybridized carbons (Fsp3) is 0.750. The van der Waals surface area contributed by atoms with E-state index in [4.69, 9.17) is 5.26 Å². The van der Waals surface area contributed by atoms with Crippen LogP contribution in [0.5, 0.6) is 0 Å². The van der Waals surface area contributed by atoms with Crippen LogP contribution in [0.25, 0.3) is 0 Å². The fourth-order valence-electron chi connectivity index (χ4n) is 0.718. The number of amides is 1. The molecule has 0 heterocycles. The third-order valence-corrected chi connectivity index (χ3v) is 1.16. The van der Waals surface area contributed by atoms with Crippen molar-refractivity contribution in [3.63, 3.8) is 0 Å². The summed E-state index contributed by atoms with van der Waals surface area (Å²) in [5, 5.41) is 20.0. The molecule has 2 N–H and O–H groups in total. The van der Waals surface area contributed by atoms with Crippen molar-refractivity contribution in [3.8, 4) is 6.07 Å². The van der Waals surface area contributed by atoms with Crippen LogP contribution in [0.15, 0.2) is 0 Å². The van der Waals surface area contributed by atoms with Crippen molar-refractivity contribution < 1.29 is 9.90 Å². The van der Waals surface area contributed by atoms with E-state index in [0.717, 1.165) is 0 Å². The number of nitrogens with one attached hydrogen (secondary N) is 1. The van der Waals surface area contributed by atoms with Crippen LogP contribution in [0, 0.1) is 11.3 Å². The second-order valence-corrected chi connectivity index (χ2v) is 3.41. The minimum absolute atomic E-state index is 0.0129. The van der Waals surface area contributed by atoms with Gasteiger partial charge in [0, 0.05) is 0 Å². The molecule has 4 heteroatoms. The van der Waals surface area contributed by atoms with Crippen LogP contribution < -0.4 is 5.32 Å². The normalized spacial score (nSPS) is 13.2. The maximum Gasteiger partial charge on any atom is 0.223 e. The lowest BCUT2D eigenvalue weighted by Crippen LogP contribution is -2.36. The Labute approximate surface area is 72.2 Å². The number of nitriles is 1. The molecule has 0 saturated carbocycles. The van der Waals surface area contributed by atoms with Gasteiger partial charge in [-0.25, -0.2) is 0 Å². The van der Waals surface area contributed by atoms with Crippen LogP contribution in [-0.4, -0.2) is 22.7 Å². The molecule has 68 valence electrons. The lowest BCUT2D eigenvalue weighted by Gasteiger charge is -2.16. The molecule has 12 heavy (non-hydrogen) atoms. The molecule has 0 fully saturated rings. The number of rotatable bonds is 3. The molecule has 0 spiro atoms. The van der Waals surface area contributed by atoms with Gasteiger partial charge in [-0.1, -0.05) is 0 Å². The SMILES string of the molecule is CC(C#N)NC(=O)CC(C)(C)O. The number of carbonyl (C=O) groups excluding carboxylic acids is 1. The second-order valence-electron chi connectivity index (χ2n) is 3.41. The Bertz CT molecular complexity index is 200. The first-order valence-corrected chi connectivity index (χ1v) is 3.76. The zero-order valence-corrected chi connectivity index (χ0v) is 7.59. The van der Waals surface area contributed by atoms with Gasteiger partial charge in [0.25, 0.3) is 0 Å². The summed E-state index contributed by atoms with van der Waals surface area (Å²) in [4.78, 5) is 11.0. The second kappa shape index (κ2) is 4.07. The minimum Gasteiger partial charge on any atom is -0.390 e. The number of hydrogen-bond donors (Lipinski definition) is 2. The van der Waals surface area contributed by atoms with Crippen LogP contribution >= 0.6 is 0 Å². The van der Waals surface area contributed by atoms with E-state index in [0.29, 0.717) is 0 Å². The van der Waals surface area contributed by atoms with Gasteiger partial charge >= 0.3 is 0 Å².